The Hall–Kier alpha value is -2.04. The Bertz CT molecular complexity index is 539. The van der Waals surface area contributed by atoms with Crippen LogP contribution in [0.3, 0.4) is 0 Å². The third-order valence-electron chi connectivity index (χ3n) is 3.51. The molecule has 1 aromatic rings. The lowest BCUT2D eigenvalue weighted by Gasteiger charge is -2.23. The molecule has 0 aliphatic heterocycles. The van der Waals surface area contributed by atoms with Gasteiger partial charge in [0.1, 0.15) is 0 Å². The third-order valence-corrected chi connectivity index (χ3v) is 3.51. The van der Waals surface area contributed by atoms with Gasteiger partial charge in [0.2, 0.25) is 0 Å². The van der Waals surface area contributed by atoms with Crippen molar-refractivity contribution in [3.8, 4) is 0 Å². The molecule has 24 heavy (non-hydrogen) atoms. The van der Waals surface area contributed by atoms with Crippen LogP contribution < -0.4 is 10.6 Å². The topological polar surface area (TPSA) is 56.7 Å². The number of nitrogens with one attached hydrogen (secondary N) is 2. The number of amides is 1. The van der Waals surface area contributed by atoms with Crippen LogP contribution in [0, 0.1) is 0 Å². The molecular weight excluding hydrogens is 300 g/mol. The minimum absolute atomic E-state index is 0.0406. The summed E-state index contributed by atoms with van der Waals surface area (Å²) in [7, 11) is 0. The van der Waals surface area contributed by atoms with Crippen LogP contribution >= 0.6 is 0 Å². The zero-order valence-corrected chi connectivity index (χ0v) is 15.9. The Morgan fingerprint density at radius 2 is 1.67 bits per heavy atom. The van der Waals surface area contributed by atoms with Crippen molar-refractivity contribution in [2.24, 2.45) is 4.99 Å². The quantitative estimate of drug-likeness (QED) is 0.622. The monoisotopic (exact) mass is 332 g/mol. The Morgan fingerprint density at radius 3 is 2.12 bits per heavy atom. The van der Waals surface area contributed by atoms with E-state index in [1.54, 1.807) is 0 Å². The molecule has 0 unspecified atom stereocenters. The van der Waals surface area contributed by atoms with Crippen molar-refractivity contribution in [3.63, 3.8) is 0 Å². The summed E-state index contributed by atoms with van der Waals surface area (Å²) in [4.78, 5) is 18.7. The van der Waals surface area contributed by atoms with E-state index in [9.17, 15) is 4.79 Å². The fraction of sp³-hybridized carbons (Fsp3) is 0.579. The number of nitrogens with zero attached hydrogens (tertiary/aromatic N) is 2. The lowest BCUT2D eigenvalue weighted by molar-refractivity contribution is 0.0773. The highest BCUT2D eigenvalue weighted by Gasteiger charge is 2.13. The van der Waals surface area contributed by atoms with Crippen LogP contribution in [0.15, 0.2) is 29.3 Å². The van der Waals surface area contributed by atoms with E-state index in [2.05, 4.69) is 36.4 Å². The van der Waals surface area contributed by atoms with Crippen LogP contribution in [0.5, 0.6) is 0 Å². The summed E-state index contributed by atoms with van der Waals surface area (Å²) >= 11 is 0. The predicted molar refractivity (Wildman–Crippen MR) is 101 cm³/mol. The Kier molecular flexibility index (Phi) is 7.75. The number of rotatable bonds is 6. The minimum Gasteiger partial charge on any atom is -0.357 e. The molecule has 1 aromatic carbocycles. The summed E-state index contributed by atoms with van der Waals surface area (Å²) in [6.07, 6.45) is 0. The van der Waals surface area contributed by atoms with E-state index in [4.69, 9.17) is 0 Å². The molecule has 0 bridgehead atoms. The van der Waals surface area contributed by atoms with Crippen LogP contribution in [0.2, 0.25) is 0 Å². The molecular formula is C19H32N4O. The van der Waals surface area contributed by atoms with Gasteiger partial charge in [0.25, 0.3) is 5.91 Å². The standard InChI is InChI=1S/C19H32N4O/c1-7-20-18(22-19(4,5)6)21-14-15-10-12-16(13-11-15)17(24)23(8-2)9-3/h10-13H,7-9,14H2,1-6H3,(H2,20,21,22). The SMILES string of the molecule is CCNC(=NCc1ccc(C(=O)N(CC)CC)cc1)NC(C)(C)C. The van der Waals surface area contributed by atoms with E-state index < -0.39 is 0 Å². The fourth-order valence-corrected chi connectivity index (χ4v) is 2.28. The molecule has 0 saturated carbocycles. The van der Waals surface area contributed by atoms with E-state index in [0.29, 0.717) is 6.54 Å². The maximum absolute atomic E-state index is 12.3. The van der Waals surface area contributed by atoms with Gasteiger partial charge < -0.3 is 15.5 Å². The zero-order valence-electron chi connectivity index (χ0n) is 15.9. The van der Waals surface area contributed by atoms with Gasteiger partial charge in [-0.05, 0) is 59.2 Å². The molecule has 134 valence electrons. The van der Waals surface area contributed by atoms with Crippen molar-refractivity contribution in [1.29, 1.82) is 0 Å². The van der Waals surface area contributed by atoms with Crippen molar-refractivity contribution in [1.82, 2.24) is 15.5 Å². The molecule has 1 amide bonds. The average molecular weight is 332 g/mol. The summed E-state index contributed by atoms with van der Waals surface area (Å²) in [5.74, 6) is 0.881. The van der Waals surface area contributed by atoms with Crippen molar-refractivity contribution in [2.45, 2.75) is 53.6 Å². The number of carbonyl (C=O) groups excluding carboxylic acids is 1. The Labute approximate surface area is 146 Å². The molecule has 0 spiro atoms. The second-order valence-electron chi connectivity index (χ2n) is 6.74. The van der Waals surface area contributed by atoms with Gasteiger partial charge in [-0.2, -0.15) is 0 Å². The maximum Gasteiger partial charge on any atom is 0.253 e. The largest absolute Gasteiger partial charge is 0.357 e. The number of hydrogen-bond donors (Lipinski definition) is 2. The van der Waals surface area contributed by atoms with Gasteiger partial charge in [-0.25, -0.2) is 4.99 Å². The normalized spacial score (nSPS) is 12.0. The second kappa shape index (κ2) is 9.30. The number of hydrogen-bond acceptors (Lipinski definition) is 2. The lowest BCUT2D eigenvalue weighted by atomic mass is 10.1. The molecule has 1 rings (SSSR count). The molecule has 0 saturated heterocycles. The van der Waals surface area contributed by atoms with Gasteiger partial charge >= 0.3 is 0 Å². The molecule has 0 atom stereocenters. The zero-order chi connectivity index (χ0) is 18.2. The van der Waals surface area contributed by atoms with E-state index in [-0.39, 0.29) is 11.4 Å². The molecule has 0 fully saturated rings. The van der Waals surface area contributed by atoms with Crippen LogP contribution in [-0.2, 0) is 6.54 Å². The number of aliphatic imine (C=N–C) groups is 1. The molecule has 0 aliphatic carbocycles. The van der Waals surface area contributed by atoms with Gasteiger partial charge in [0, 0.05) is 30.7 Å². The molecule has 0 heterocycles. The summed E-state index contributed by atoms with van der Waals surface area (Å²) < 4.78 is 0. The van der Waals surface area contributed by atoms with Gasteiger partial charge in [0.05, 0.1) is 6.54 Å². The highest BCUT2D eigenvalue weighted by atomic mass is 16.2. The number of benzene rings is 1. The first-order chi connectivity index (χ1) is 11.3. The second-order valence-corrected chi connectivity index (χ2v) is 6.74. The van der Waals surface area contributed by atoms with Gasteiger partial charge in [-0.1, -0.05) is 12.1 Å². The minimum atomic E-state index is -0.0406. The fourth-order valence-electron chi connectivity index (χ4n) is 2.28. The van der Waals surface area contributed by atoms with Crippen molar-refractivity contribution < 1.29 is 4.79 Å². The molecule has 0 aromatic heterocycles. The van der Waals surface area contributed by atoms with Crippen molar-refractivity contribution in [3.05, 3.63) is 35.4 Å². The third kappa shape index (κ3) is 6.60. The first kappa shape index (κ1) is 20.0. The number of guanidine groups is 1. The van der Waals surface area contributed by atoms with Gasteiger partial charge in [-0.3, -0.25) is 4.79 Å². The first-order valence-electron chi connectivity index (χ1n) is 8.75. The Morgan fingerprint density at radius 1 is 1.08 bits per heavy atom. The summed E-state index contributed by atoms with van der Waals surface area (Å²) in [6.45, 7) is 15.2. The average Bonchev–Trinajstić information content (AvgIpc) is 2.53. The van der Waals surface area contributed by atoms with E-state index in [1.807, 2.05) is 49.9 Å². The Balaban J connectivity index is 2.78. The van der Waals surface area contributed by atoms with E-state index >= 15 is 0 Å². The molecule has 0 radical (unpaired) electrons. The predicted octanol–water partition coefficient (Wildman–Crippen LogP) is 3.02. The van der Waals surface area contributed by atoms with Crippen LogP contribution in [0.25, 0.3) is 0 Å². The first-order valence-corrected chi connectivity index (χ1v) is 8.75. The van der Waals surface area contributed by atoms with Crippen LogP contribution in [0.1, 0.15) is 57.5 Å². The lowest BCUT2D eigenvalue weighted by Crippen LogP contribution is -2.47. The van der Waals surface area contributed by atoms with Gasteiger partial charge in [-0.15, -0.1) is 0 Å². The highest BCUT2D eigenvalue weighted by Crippen LogP contribution is 2.09. The maximum atomic E-state index is 12.3. The summed E-state index contributed by atoms with van der Waals surface area (Å²) in [5.41, 5.74) is 1.77. The van der Waals surface area contributed by atoms with Crippen molar-refractivity contribution >= 4 is 11.9 Å². The van der Waals surface area contributed by atoms with Gasteiger partial charge in [0.15, 0.2) is 5.96 Å². The molecule has 5 nitrogen and oxygen atoms in total. The molecule has 0 aliphatic rings. The number of carbonyl (C=O) groups is 1. The van der Waals surface area contributed by atoms with E-state index in [1.165, 1.54) is 0 Å². The smallest absolute Gasteiger partial charge is 0.253 e. The summed E-state index contributed by atoms with van der Waals surface area (Å²) in [5, 5.41) is 6.61. The molecule has 2 N–H and O–H groups in total. The highest BCUT2D eigenvalue weighted by molar-refractivity contribution is 5.94. The van der Waals surface area contributed by atoms with Crippen LogP contribution in [-0.4, -0.2) is 41.9 Å². The summed E-state index contributed by atoms with van der Waals surface area (Å²) in [6, 6.07) is 7.72. The van der Waals surface area contributed by atoms with E-state index in [0.717, 1.165) is 36.7 Å². The molecule has 5 heteroatoms. The van der Waals surface area contributed by atoms with Crippen molar-refractivity contribution in [2.75, 3.05) is 19.6 Å². The van der Waals surface area contributed by atoms with Crippen LogP contribution in [0.4, 0.5) is 0 Å².